The van der Waals surface area contributed by atoms with Gasteiger partial charge in [-0.05, 0) is 53.2 Å². The monoisotopic (exact) mass is 465 g/mol. The number of ether oxygens (including phenoxy) is 4. The molecule has 0 aromatic heterocycles. The summed E-state index contributed by atoms with van der Waals surface area (Å²) in [6, 6.07) is 7.22. The minimum atomic E-state index is -0.656. The van der Waals surface area contributed by atoms with Gasteiger partial charge in [-0.15, -0.1) is 0 Å². The summed E-state index contributed by atoms with van der Waals surface area (Å²) in [6.45, 7) is 2.26. The van der Waals surface area contributed by atoms with E-state index in [4.69, 9.17) is 18.9 Å². The van der Waals surface area contributed by atoms with E-state index in [-0.39, 0.29) is 22.4 Å². The number of amides is 1. The van der Waals surface area contributed by atoms with E-state index in [2.05, 4.69) is 21.2 Å². The predicted molar refractivity (Wildman–Crippen MR) is 109 cm³/mol. The van der Waals surface area contributed by atoms with E-state index in [9.17, 15) is 14.4 Å². The van der Waals surface area contributed by atoms with Gasteiger partial charge in [0.1, 0.15) is 0 Å². The molecule has 0 saturated heterocycles. The van der Waals surface area contributed by atoms with E-state index in [1.807, 2.05) is 6.92 Å². The summed E-state index contributed by atoms with van der Waals surface area (Å²) in [5.74, 6) is -0.935. The van der Waals surface area contributed by atoms with E-state index in [1.165, 1.54) is 45.6 Å². The van der Waals surface area contributed by atoms with Gasteiger partial charge in [0.25, 0.3) is 5.91 Å². The Morgan fingerprint density at radius 2 is 1.48 bits per heavy atom. The lowest BCUT2D eigenvalue weighted by Gasteiger charge is -2.14. The van der Waals surface area contributed by atoms with Crippen molar-refractivity contribution in [2.45, 2.75) is 6.92 Å². The van der Waals surface area contributed by atoms with E-state index in [1.54, 1.807) is 6.07 Å². The Balaban J connectivity index is 2.40. The van der Waals surface area contributed by atoms with Crippen LogP contribution in [-0.2, 0) is 9.47 Å². The highest BCUT2D eigenvalue weighted by Crippen LogP contribution is 2.36. The van der Waals surface area contributed by atoms with Crippen LogP contribution in [0.15, 0.2) is 34.8 Å². The van der Waals surface area contributed by atoms with Crippen LogP contribution in [0.1, 0.15) is 38.0 Å². The van der Waals surface area contributed by atoms with Crippen LogP contribution in [0.4, 0.5) is 5.69 Å². The number of halogens is 1. The van der Waals surface area contributed by atoms with E-state index >= 15 is 0 Å². The smallest absolute Gasteiger partial charge is 0.337 e. The number of rotatable bonds is 7. The van der Waals surface area contributed by atoms with Crippen molar-refractivity contribution in [1.29, 1.82) is 0 Å². The fourth-order valence-electron chi connectivity index (χ4n) is 2.51. The average molecular weight is 466 g/mol. The average Bonchev–Trinajstić information content (AvgIpc) is 2.73. The first-order valence-electron chi connectivity index (χ1n) is 8.48. The van der Waals surface area contributed by atoms with Crippen LogP contribution in [0.25, 0.3) is 0 Å². The van der Waals surface area contributed by atoms with E-state index in [0.717, 1.165) is 0 Å². The second-order valence-corrected chi connectivity index (χ2v) is 6.51. The Hall–Kier alpha value is -3.07. The SMILES string of the molecule is CCOc1c(Br)cc(C(=O)Nc2cc(C(=O)OC)cc(C(=O)OC)c2)cc1OC. The number of esters is 2. The number of hydrogen-bond acceptors (Lipinski definition) is 7. The number of carbonyl (C=O) groups is 3. The van der Waals surface area contributed by atoms with Gasteiger partial charge < -0.3 is 24.3 Å². The van der Waals surface area contributed by atoms with Crippen molar-refractivity contribution in [3.63, 3.8) is 0 Å². The van der Waals surface area contributed by atoms with Gasteiger partial charge in [0.15, 0.2) is 11.5 Å². The number of hydrogen-bond donors (Lipinski definition) is 1. The molecule has 2 rings (SSSR count). The minimum Gasteiger partial charge on any atom is -0.493 e. The molecule has 2 aromatic carbocycles. The van der Waals surface area contributed by atoms with Crippen molar-refractivity contribution in [2.75, 3.05) is 33.3 Å². The maximum Gasteiger partial charge on any atom is 0.337 e. The fraction of sp³-hybridized carbons (Fsp3) is 0.250. The fourth-order valence-corrected chi connectivity index (χ4v) is 3.07. The van der Waals surface area contributed by atoms with Gasteiger partial charge in [0, 0.05) is 11.3 Å². The molecule has 0 bridgehead atoms. The van der Waals surface area contributed by atoms with Crippen molar-refractivity contribution < 1.29 is 33.3 Å². The standard InChI is InChI=1S/C20H20BrNO7/c1-5-29-17-15(21)9-11(10-16(17)26-2)18(23)22-14-7-12(19(24)27-3)6-13(8-14)20(25)28-4/h6-10H,5H2,1-4H3,(H,22,23). The molecule has 0 radical (unpaired) electrons. The molecule has 0 aliphatic carbocycles. The topological polar surface area (TPSA) is 100 Å². The number of anilines is 1. The Labute approximate surface area is 176 Å². The maximum absolute atomic E-state index is 12.7. The summed E-state index contributed by atoms with van der Waals surface area (Å²) in [5.41, 5.74) is 0.690. The lowest BCUT2D eigenvalue weighted by molar-refractivity contribution is 0.0599. The lowest BCUT2D eigenvalue weighted by atomic mass is 10.1. The second-order valence-electron chi connectivity index (χ2n) is 5.66. The molecule has 0 fully saturated rings. The molecule has 0 aliphatic heterocycles. The number of methoxy groups -OCH3 is 3. The van der Waals surface area contributed by atoms with Crippen LogP contribution in [0, 0.1) is 0 Å². The zero-order valence-electron chi connectivity index (χ0n) is 16.3. The van der Waals surface area contributed by atoms with Gasteiger partial charge in [-0.2, -0.15) is 0 Å². The third-order valence-corrected chi connectivity index (χ3v) is 4.40. The van der Waals surface area contributed by atoms with Gasteiger partial charge in [-0.1, -0.05) is 0 Å². The highest BCUT2D eigenvalue weighted by atomic mass is 79.9. The zero-order valence-corrected chi connectivity index (χ0v) is 17.9. The minimum absolute atomic E-state index is 0.0937. The van der Waals surface area contributed by atoms with Crippen LogP contribution < -0.4 is 14.8 Å². The number of nitrogens with one attached hydrogen (secondary N) is 1. The molecule has 29 heavy (non-hydrogen) atoms. The molecule has 8 nitrogen and oxygen atoms in total. The summed E-state index contributed by atoms with van der Waals surface area (Å²) in [5, 5.41) is 2.66. The van der Waals surface area contributed by atoms with Crippen LogP contribution in [0.3, 0.4) is 0 Å². The molecule has 0 aliphatic rings. The van der Waals surface area contributed by atoms with Crippen molar-refractivity contribution in [3.8, 4) is 11.5 Å². The normalized spacial score (nSPS) is 10.1. The summed E-state index contributed by atoms with van der Waals surface area (Å²) in [6.07, 6.45) is 0. The second kappa shape index (κ2) is 9.92. The molecule has 9 heteroatoms. The Kier molecular flexibility index (Phi) is 7.60. The molecule has 2 aromatic rings. The van der Waals surface area contributed by atoms with Gasteiger partial charge in [-0.25, -0.2) is 9.59 Å². The number of benzene rings is 2. The molecule has 1 amide bonds. The van der Waals surface area contributed by atoms with Crippen molar-refractivity contribution >= 4 is 39.5 Å². The Bertz CT molecular complexity index is 908. The maximum atomic E-state index is 12.7. The largest absolute Gasteiger partial charge is 0.493 e. The summed E-state index contributed by atoms with van der Waals surface area (Å²) in [4.78, 5) is 36.5. The van der Waals surface area contributed by atoms with Crippen LogP contribution in [-0.4, -0.2) is 45.8 Å². The van der Waals surface area contributed by atoms with Crippen LogP contribution in [0.2, 0.25) is 0 Å². The Morgan fingerprint density at radius 3 is 1.97 bits per heavy atom. The molecule has 0 saturated carbocycles. The molecule has 0 spiro atoms. The molecular weight excluding hydrogens is 446 g/mol. The predicted octanol–water partition coefficient (Wildman–Crippen LogP) is 3.68. The third kappa shape index (κ3) is 5.26. The highest BCUT2D eigenvalue weighted by molar-refractivity contribution is 9.10. The van der Waals surface area contributed by atoms with E-state index < -0.39 is 17.8 Å². The first-order valence-corrected chi connectivity index (χ1v) is 9.27. The van der Waals surface area contributed by atoms with Gasteiger partial charge in [0.2, 0.25) is 0 Å². The first kappa shape index (κ1) is 22.2. The zero-order chi connectivity index (χ0) is 21.6. The summed E-state index contributed by atoms with van der Waals surface area (Å²) < 4.78 is 20.7. The molecule has 154 valence electrons. The van der Waals surface area contributed by atoms with Crippen molar-refractivity contribution in [2.24, 2.45) is 0 Å². The quantitative estimate of drug-likeness (QED) is 0.622. The van der Waals surface area contributed by atoms with Crippen molar-refractivity contribution in [1.82, 2.24) is 0 Å². The molecule has 0 heterocycles. The summed E-state index contributed by atoms with van der Waals surface area (Å²) >= 11 is 3.37. The van der Waals surface area contributed by atoms with Crippen LogP contribution >= 0.6 is 15.9 Å². The van der Waals surface area contributed by atoms with E-state index in [0.29, 0.717) is 22.6 Å². The molecule has 0 unspecified atom stereocenters. The van der Waals surface area contributed by atoms with Gasteiger partial charge in [0.05, 0.1) is 43.5 Å². The van der Waals surface area contributed by atoms with Crippen molar-refractivity contribution in [3.05, 3.63) is 51.5 Å². The Morgan fingerprint density at radius 1 is 0.897 bits per heavy atom. The molecule has 0 atom stereocenters. The number of carbonyl (C=O) groups excluding carboxylic acids is 3. The van der Waals surface area contributed by atoms with Gasteiger partial charge >= 0.3 is 11.9 Å². The first-order chi connectivity index (χ1) is 13.8. The van der Waals surface area contributed by atoms with Crippen LogP contribution in [0.5, 0.6) is 11.5 Å². The third-order valence-electron chi connectivity index (χ3n) is 3.81. The highest BCUT2D eigenvalue weighted by Gasteiger charge is 2.18. The van der Waals surface area contributed by atoms with Gasteiger partial charge in [-0.3, -0.25) is 4.79 Å². The molecular formula is C20H20BrNO7. The molecule has 1 N–H and O–H groups in total. The lowest BCUT2D eigenvalue weighted by Crippen LogP contribution is -2.14. The summed E-state index contributed by atoms with van der Waals surface area (Å²) in [7, 11) is 3.90.